The standard InChI is InChI=1S/C18H30O2/c1-2-3-4-5-6-7-8-9-10-11-12-13-14-17-15-16-18(19)20-17/h9-10,13-14,17H,2-8,11-12,15-16H2,1H3/b10-9-,14-13+/t17-/m0/s1. The van der Waals surface area contributed by atoms with Gasteiger partial charge in [-0.2, -0.15) is 0 Å². The molecule has 0 N–H and O–H groups in total. The monoisotopic (exact) mass is 278 g/mol. The highest BCUT2D eigenvalue weighted by atomic mass is 16.5. The fourth-order valence-corrected chi connectivity index (χ4v) is 2.40. The van der Waals surface area contributed by atoms with Crippen LogP contribution in [0.2, 0.25) is 0 Å². The summed E-state index contributed by atoms with van der Waals surface area (Å²) in [7, 11) is 0. The molecule has 0 aromatic carbocycles. The number of carbonyl (C=O) groups excluding carboxylic acids is 1. The van der Waals surface area contributed by atoms with Gasteiger partial charge < -0.3 is 4.74 Å². The van der Waals surface area contributed by atoms with E-state index in [-0.39, 0.29) is 12.1 Å². The predicted molar refractivity (Wildman–Crippen MR) is 84.6 cm³/mol. The minimum atomic E-state index is -0.0570. The topological polar surface area (TPSA) is 26.3 Å². The average molecular weight is 278 g/mol. The van der Waals surface area contributed by atoms with Gasteiger partial charge in [0, 0.05) is 6.42 Å². The summed E-state index contributed by atoms with van der Waals surface area (Å²) in [4.78, 5) is 10.9. The molecule has 1 rings (SSSR count). The van der Waals surface area contributed by atoms with Gasteiger partial charge in [-0.1, -0.05) is 57.3 Å². The molecule has 0 radical (unpaired) electrons. The lowest BCUT2D eigenvalue weighted by Gasteiger charge is -2.00. The molecule has 0 bridgehead atoms. The molecule has 1 fully saturated rings. The first-order valence-corrected chi connectivity index (χ1v) is 8.34. The van der Waals surface area contributed by atoms with Crippen LogP contribution in [0.1, 0.15) is 77.6 Å². The highest BCUT2D eigenvalue weighted by Crippen LogP contribution is 2.15. The Morgan fingerprint density at radius 3 is 2.45 bits per heavy atom. The molecule has 2 heteroatoms. The quantitative estimate of drug-likeness (QED) is 0.290. The van der Waals surface area contributed by atoms with Crippen LogP contribution in [0.3, 0.4) is 0 Å². The zero-order valence-corrected chi connectivity index (χ0v) is 13.0. The molecule has 0 aromatic heterocycles. The number of ether oxygens (including phenoxy) is 1. The largest absolute Gasteiger partial charge is 0.458 e. The van der Waals surface area contributed by atoms with Gasteiger partial charge in [0.1, 0.15) is 6.10 Å². The fourth-order valence-electron chi connectivity index (χ4n) is 2.40. The molecule has 1 aliphatic heterocycles. The number of hydrogen-bond donors (Lipinski definition) is 0. The van der Waals surface area contributed by atoms with Gasteiger partial charge in [0.05, 0.1) is 0 Å². The van der Waals surface area contributed by atoms with Crippen molar-refractivity contribution in [2.24, 2.45) is 0 Å². The zero-order valence-electron chi connectivity index (χ0n) is 13.0. The number of esters is 1. The van der Waals surface area contributed by atoms with Crippen molar-refractivity contribution >= 4 is 5.97 Å². The summed E-state index contributed by atoms with van der Waals surface area (Å²) in [6, 6.07) is 0. The summed E-state index contributed by atoms with van der Waals surface area (Å²) in [5.74, 6) is -0.0570. The van der Waals surface area contributed by atoms with Gasteiger partial charge in [0.2, 0.25) is 0 Å². The first-order chi connectivity index (χ1) is 9.83. The van der Waals surface area contributed by atoms with Crippen molar-refractivity contribution < 1.29 is 9.53 Å². The number of unbranched alkanes of at least 4 members (excludes halogenated alkanes) is 7. The number of carbonyl (C=O) groups is 1. The fraction of sp³-hybridized carbons (Fsp3) is 0.722. The lowest BCUT2D eigenvalue weighted by molar-refractivity contribution is -0.139. The Hall–Kier alpha value is -1.05. The van der Waals surface area contributed by atoms with Crippen LogP contribution in [-0.4, -0.2) is 12.1 Å². The van der Waals surface area contributed by atoms with Crippen LogP contribution < -0.4 is 0 Å². The molecule has 1 saturated heterocycles. The Kier molecular flexibility index (Phi) is 9.99. The van der Waals surface area contributed by atoms with E-state index in [1.54, 1.807) is 0 Å². The Balaban J connectivity index is 1.87. The van der Waals surface area contributed by atoms with Crippen molar-refractivity contribution in [3.63, 3.8) is 0 Å². The van der Waals surface area contributed by atoms with Crippen molar-refractivity contribution in [2.75, 3.05) is 0 Å². The Morgan fingerprint density at radius 2 is 1.70 bits per heavy atom. The predicted octanol–water partition coefficient (Wildman–Crippen LogP) is 5.34. The summed E-state index contributed by atoms with van der Waals surface area (Å²) >= 11 is 0. The molecule has 0 aliphatic carbocycles. The van der Waals surface area contributed by atoms with Crippen LogP contribution in [0.5, 0.6) is 0 Å². The third-order valence-corrected chi connectivity index (χ3v) is 3.66. The second-order valence-electron chi connectivity index (χ2n) is 5.60. The molecule has 114 valence electrons. The number of allylic oxidation sites excluding steroid dienone is 3. The number of cyclic esters (lactones) is 1. The normalized spacial score (nSPS) is 19.2. The van der Waals surface area contributed by atoms with E-state index in [1.807, 2.05) is 6.08 Å². The van der Waals surface area contributed by atoms with Crippen molar-refractivity contribution in [2.45, 2.75) is 83.7 Å². The second-order valence-corrected chi connectivity index (χ2v) is 5.60. The van der Waals surface area contributed by atoms with E-state index in [2.05, 4.69) is 25.2 Å². The molecule has 0 spiro atoms. The Labute approximate surface area is 124 Å². The molecule has 2 nitrogen and oxygen atoms in total. The minimum absolute atomic E-state index is 0.0367. The zero-order chi connectivity index (χ0) is 14.5. The van der Waals surface area contributed by atoms with Gasteiger partial charge in [0.15, 0.2) is 0 Å². The first kappa shape index (κ1) is 17.0. The molecule has 0 unspecified atom stereocenters. The van der Waals surface area contributed by atoms with Gasteiger partial charge in [-0.25, -0.2) is 0 Å². The maximum absolute atomic E-state index is 10.9. The molecule has 1 atom stereocenters. The Morgan fingerprint density at radius 1 is 1.00 bits per heavy atom. The number of hydrogen-bond acceptors (Lipinski definition) is 2. The minimum Gasteiger partial charge on any atom is -0.458 e. The third kappa shape index (κ3) is 8.95. The van der Waals surface area contributed by atoms with Crippen molar-refractivity contribution in [1.29, 1.82) is 0 Å². The lowest BCUT2D eigenvalue weighted by Crippen LogP contribution is -2.01. The number of rotatable bonds is 11. The van der Waals surface area contributed by atoms with Crippen LogP contribution in [-0.2, 0) is 9.53 Å². The van der Waals surface area contributed by atoms with Crippen LogP contribution in [0, 0.1) is 0 Å². The summed E-state index contributed by atoms with van der Waals surface area (Å²) in [6.07, 6.45) is 21.8. The van der Waals surface area contributed by atoms with Gasteiger partial charge in [-0.15, -0.1) is 0 Å². The summed E-state index contributed by atoms with van der Waals surface area (Å²) < 4.78 is 5.12. The third-order valence-electron chi connectivity index (χ3n) is 3.66. The van der Waals surface area contributed by atoms with E-state index >= 15 is 0 Å². The average Bonchev–Trinajstić information content (AvgIpc) is 2.86. The van der Waals surface area contributed by atoms with Crippen molar-refractivity contribution in [1.82, 2.24) is 0 Å². The van der Waals surface area contributed by atoms with E-state index in [9.17, 15) is 4.79 Å². The smallest absolute Gasteiger partial charge is 0.306 e. The van der Waals surface area contributed by atoms with Crippen molar-refractivity contribution in [3.8, 4) is 0 Å². The molecule has 1 aliphatic rings. The summed E-state index contributed by atoms with van der Waals surface area (Å²) in [6.45, 7) is 2.26. The molecular formula is C18H30O2. The molecule has 0 saturated carbocycles. The molecular weight excluding hydrogens is 248 g/mol. The van der Waals surface area contributed by atoms with E-state index in [4.69, 9.17) is 4.74 Å². The highest BCUT2D eigenvalue weighted by molar-refractivity contribution is 5.71. The van der Waals surface area contributed by atoms with Crippen LogP contribution in [0.15, 0.2) is 24.3 Å². The molecule has 0 amide bonds. The maximum Gasteiger partial charge on any atom is 0.306 e. The van der Waals surface area contributed by atoms with E-state index in [0.29, 0.717) is 6.42 Å². The van der Waals surface area contributed by atoms with Gasteiger partial charge in [-0.3, -0.25) is 4.79 Å². The van der Waals surface area contributed by atoms with E-state index in [0.717, 1.165) is 19.3 Å². The van der Waals surface area contributed by atoms with E-state index in [1.165, 1.54) is 44.9 Å². The van der Waals surface area contributed by atoms with Gasteiger partial charge in [0.25, 0.3) is 0 Å². The molecule has 1 heterocycles. The van der Waals surface area contributed by atoms with E-state index < -0.39 is 0 Å². The summed E-state index contributed by atoms with van der Waals surface area (Å²) in [5, 5.41) is 0. The molecule has 20 heavy (non-hydrogen) atoms. The van der Waals surface area contributed by atoms with Crippen LogP contribution in [0.4, 0.5) is 0 Å². The van der Waals surface area contributed by atoms with Gasteiger partial charge >= 0.3 is 5.97 Å². The second kappa shape index (κ2) is 11.7. The van der Waals surface area contributed by atoms with Crippen LogP contribution in [0.25, 0.3) is 0 Å². The lowest BCUT2D eigenvalue weighted by atomic mass is 10.1. The first-order valence-electron chi connectivity index (χ1n) is 8.34. The molecule has 0 aromatic rings. The maximum atomic E-state index is 10.9. The Bertz CT molecular complexity index is 305. The van der Waals surface area contributed by atoms with Gasteiger partial charge in [-0.05, 0) is 38.2 Å². The highest BCUT2D eigenvalue weighted by Gasteiger charge is 2.19. The van der Waals surface area contributed by atoms with Crippen molar-refractivity contribution in [3.05, 3.63) is 24.3 Å². The SMILES string of the molecule is CCCCCCCC/C=C\CC/C=C/[C@H]1CCC(=O)O1. The summed E-state index contributed by atoms with van der Waals surface area (Å²) in [5.41, 5.74) is 0. The van der Waals surface area contributed by atoms with Crippen LogP contribution >= 0.6 is 0 Å².